The molecule has 0 amide bonds. The Morgan fingerprint density at radius 1 is 1.06 bits per heavy atom. The van der Waals surface area contributed by atoms with E-state index in [1.807, 2.05) is 0 Å². The largest absolute Gasteiger partial charge is 0.516 e. The van der Waals surface area contributed by atoms with E-state index in [0.29, 0.717) is 5.56 Å². The molecular formula is C19H17ClF6N2O3S. The summed E-state index contributed by atoms with van der Waals surface area (Å²) in [5.74, 6) is -0.449. The highest BCUT2D eigenvalue weighted by molar-refractivity contribution is 7.93. The van der Waals surface area contributed by atoms with Gasteiger partial charge >= 0.3 is 21.7 Å². The number of nitrogens with zero attached hydrogens (tertiary/aromatic N) is 1. The zero-order valence-corrected chi connectivity index (χ0v) is 18.1. The van der Waals surface area contributed by atoms with E-state index in [4.69, 9.17) is 16.4 Å². The fourth-order valence-corrected chi connectivity index (χ4v) is 3.21. The lowest BCUT2D eigenvalue weighted by molar-refractivity contribution is -0.137. The van der Waals surface area contributed by atoms with E-state index < -0.39 is 38.9 Å². The first-order valence-corrected chi connectivity index (χ1v) is 10.7. The Hall–Kier alpha value is -2.47. The smallest absolute Gasteiger partial charge is 0.391 e. The Labute approximate surface area is 185 Å². The van der Waals surface area contributed by atoms with Crippen LogP contribution < -0.4 is 4.72 Å². The van der Waals surface area contributed by atoms with Gasteiger partial charge in [-0.25, -0.2) is 0 Å². The summed E-state index contributed by atoms with van der Waals surface area (Å²) < 4.78 is 101. The summed E-state index contributed by atoms with van der Waals surface area (Å²) in [5, 5.41) is 3.98. The van der Waals surface area contributed by atoms with Crippen LogP contribution in [0.3, 0.4) is 0 Å². The molecule has 0 unspecified atom stereocenters. The van der Waals surface area contributed by atoms with Crippen LogP contribution in [0.2, 0.25) is 5.02 Å². The fourth-order valence-electron chi connectivity index (χ4n) is 2.45. The maximum atomic E-state index is 12.8. The lowest BCUT2D eigenvalue weighted by Crippen LogP contribution is -2.30. The zero-order valence-electron chi connectivity index (χ0n) is 16.6. The predicted octanol–water partition coefficient (Wildman–Crippen LogP) is 6.20. The molecule has 2 aromatic carbocycles. The summed E-state index contributed by atoms with van der Waals surface area (Å²) in [5.41, 5.74) is -6.43. The number of hydrogen-bond donors (Lipinski definition) is 1. The quantitative estimate of drug-likeness (QED) is 0.278. The zero-order chi connectivity index (χ0) is 24.3. The first-order valence-electron chi connectivity index (χ1n) is 8.87. The number of nitrogens with one attached hydrogen (secondary N) is 1. The minimum Gasteiger partial charge on any atom is -0.391 e. The molecule has 5 nitrogen and oxygen atoms in total. The van der Waals surface area contributed by atoms with Crippen molar-refractivity contribution in [3.8, 4) is 0 Å². The molecule has 0 bridgehead atoms. The molecule has 0 aliphatic rings. The van der Waals surface area contributed by atoms with Crippen LogP contribution >= 0.6 is 11.6 Å². The molecule has 0 aliphatic carbocycles. The van der Waals surface area contributed by atoms with Gasteiger partial charge in [-0.15, -0.1) is 0 Å². The van der Waals surface area contributed by atoms with E-state index in [0.717, 1.165) is 18.2 Å². The molecule has 32 heavy (non-hydrogen) atoms. The second-order valence-corrected chi connectivity index (χ2v) is 8.95. The van der Waals surface area contributed by atoms with Crippen molar-refractivity contribution in [2.75, 3.05) is 4.72 Å². The summed E-state index contributed by atoms with van der Waals surface area (Å²) in [7, 11) is -5.71. The summed E-state index contributed by atoms with van der Waals surface area (Å²) in [6.45, 7) is 3.02. The summed E-state index contributed by atoms with van der Waals surface area (Å²) in [6, 6.07) is 7.58. The van der Waals surface area contributed by atoms with E-state index in [9.17, 15) is 34.8 Å². The van der Waals surface area contributed by atoms with Gasteiger partial charge in [-0.1, -0.05) is 42.7 Å². The maximum absolute atomic E-state index is 12.8. The highest BCUT2D eigenvalue weighted by Gasteiger charge is 2.46. The van der Waals surface area contributed by atoms with Gasteiger partial charge in [-0.2, -0.15) is 34.8 Å². The van der Waals surface area contributed by atoms with Crippen molar-refractivity contribution in [2.45, 2.75) is 32.1 Å². The fraction of sp³-hybridized carbons (Fsp3) is 0.316. The topological polar surface area (TPSA) is 67.8 Å². The van der Waals surface area contributed by atoms with Gasteiger partial charge in [0.2, 0.25) is 0 Å². The van der Waals surface area contributed by atoms with E-state index in [1.165, 1.54) is 29.0 Å². The number of halogens is 7. The van der Waals surface area contributed by atoms with Crippen LogP contribution in [0.5, 0.6) is 0 Å². The molecule has 0 aromatic heterocycles. The van der Waals surface area contributed by atoms with Crippen LogP contribution in [0.25, 0.3) is 0 Å². The highest BCUT2D eigenvalue weighted by atomic mass is 35.5. The first-order chi connectivity index (χ1) is 14.6. The second-order valence-electron chi connectivity index (χ2n) is 6.84. The standard InChI is InChI=1S/C19H17ClF6N2O3S/c1-11(2)17(27-31-10-12-3-5-13(6-4-12)18(21,22)23)15-9-14(20)7-8-16(15)28-32(29,30)19(24,25)26/h3-9,11,28H,10H2,1-2H3/b27-17+. The number of hydrogen-bond acceptors (Lipinski definition) is 4. The molecule has 2 rings (SSSR count). The predicted molar refractivity (Wildman–Crippen MR) is 108 cm³/mol. The van der Waals surface area contributed by atoms with Gasteiger partial charge in [0.15, 0.2) is 0 Å². The number of sulfonamides is 1. The molecule has 0 radical (unpaired) electrons. The van der Waals surface area contributed by atoms with E-state index >= 15 is 0 Å². The molecule has 0 heterocycles. The summed E-state index contributed by atoms with van der Waals surface area (Å²) in [6.07, 6.45) is -4.49. The first kappa shape index (κ1) is 25.8. The van der Waals surface area contributed by atoms with Crippen LogP contribution in [0.15, 0.2) is 47.6 Å². The molecule has 0 fully saturated rings. The Balaban J connectivity index is 2.32. The van der Waals surface area contributed by atoms with E-state index in [-0.39, 0.29) is 22.9 Å². The lowest BCUT2D eigenvalue weighted by Gasteiger charge is -2.17. The molecule has 0 spiro atoms. The van der Waals surface area contributed by atoms with Crippen LogP contribution in [0, 0.1) is 5.92 Å². The number of anilines is 1. The van der Waals surface area contributed by atoms with Gasteiger partial charge in [-0.05, 0) is 41.8 Å². The molecule has 1 N–H and O–H groups in total. The van der Waals surface area contributed by atoms with Crippen molar-refractivity contribution >= 4 is 33.0 Å². The number of benzene rings is 2. The van der Waals surface area contributed by atoms with Crippen molar-refractivity contribution in [2.24, 2.45) is 11.1 Å². The molecule has 176 valence electrons. The third kappa shape index (κ3) is 6.52. The Bertz CT molecular complexity index is 1080. The Morgan fingerprint density at radius 3 is 2.16 bits per heavy atom. The van der Waals surface area contributed by atoms with Crippen LogP contribution in [-0.2, 0) is 27.6 Å². The van der Waals surface area contributed by atoms with Crippen molar-refractivity contribution < 1.29 is 39.6 Å². The van der Waals surface area contributed by atoms with Crippen molar-refractivity contribution in [3.05, 3.63) is 64.2 Å². The molecule has 13 heteroatoms. The normalized spacial score (nSPS) is 13.4. The second kappa shape index (κ2) is 9.57. The van der Waals surface area contributed by atoms with Gasteiger partial charge in [0, 0.05) is 10.6 Å². The number of alkyl halides is 6. The van der Waals surface area contributed by atoms with E-state index in [1.54, 1.807) is 13.8 Å². The van der Waals surface area contributed by atoms with Crippen molar-refractivity contribution in [1.82, 2.24) is 0 Å². The van der Waals surface area contributed by atoms with Crippen molar-refractivity contribution in [3.63, 3.8) is 0 Å². The molecule has 2 aromatic rings. The van der Waals surface area contributed by atoms with Crippen LogP contribution in [0.1, 0.15) is 30.5 Å². The lowest BCUT2D eigenvalue weighted by atomic mass is 9.99. The van der Waals surface area contributed by atoms with E-state index in [2.05, 4.69) is 5.16 Å². The molecule has 0 saturated heterocycles. The summed E-state index contributed by atoms with van der Waals surface area (Å²) in [4.78, 5) is 5.18. The molecular weight excluding hydrogens is 486 g/mol. The number of oxime groups is 1. The average molecular weight is 503 g/mol. The van der Waals surface area contributed by atoms with Gasteiger partial charge in [0.25, 0.3) is 0 Å². The Kier molecular flexibility index (Phi) is 7.71. The molecule has 0 atom stereocenters. The molecule has 0 saturated carbocycles. The monoisotopic (exact) mass is 502 g/mol. The Morgan fingerprint density at radius 2 is 1.66 bits per heavy atom. The average Bonchev–Trinajstić information content (AvgIpc) is 2.65. The highest BCUT2D eigenvalue weighted by Crippen LogP contribution is 2.31. The minimum atomic E-state index is -5.71. The minimum absolute atomic E-state index is 0.0484. The third-order valence-corrected chi connectivity index (χ3v) is 5.36. The van der Waals surface area contributed by atoms with Crippen molar-refractivity contribution in [1.29, 1.82) is 0 Å². The van der Waals surface area contributed by atoms with Crippen LogP contribution in [-0.4, -0.2) is 19.6 Å². The van der Waals surface area contributed by atoms with Gasteiger partial charge < -0.3 is 4.84 Å². The number of rotatable bonds is 7. The summed E-state index contributed by atoms with van der Waals surface area (Å²) >= 11 is 5.92. The molecule has 0 aliphatic heterocycles. The SMILES string of the molecule is CC(C)/C(=N\OCc1ccc(C(F)(F)F)cc1)c1cc(Cl)ccc1NS(=O)(=O)C(F)(F)F. The maximum Gasteiger partial charge on any atom is 0.516 e. The van der Waals surface area contributed by atoms with Gasteiger partial charge in [-0.3, -0.25) is 4.72 Å². The van der Waals surface area contributed by atoms with Gasteiger partial charge in [0.1, 0.15) is 6.61 Å². The third-order valence-electron chi connectivity index (χ3n) is 4.03. The van der Waals surface area contributed by atoms with Crippen LogP contribution in [0.4, 0.5) is 32.0 Å². The van der Waals surface area contributed by atoms with Gasteiger partial charge in [0.05, 0.1) is 17.0 Å².